The SMILES string of the molecule is Cc1cccc(N(CCCN(C)C)CCC(=O)O)c1. The van der Waals surface area contributed by atoms with Crippen LogP contribution < -0.4 is 4.90 Å². The lowest BCUT2D eigenvalue weighted by atomic mass is 10.2. The molecule has 1 N–H and O–H groups in total. The minimum Gasteiger partial charge on any atom is -0.481 e. The predicted octanol–water partition coefficient (Wildman–Crippen LogP) is 2.23. The van der Waals surface area contributed by atoms with E-state index in [0.29, 0.717) is 6.54 Å². The number of aryl methyl sites for hydroxylation is 1. The van der Waals surface area contributed by atoms with Gasteiger partial charge in [0.1, 0.15) is 0 Å². The Morgan fingerprint density at radius 3 is 2.53 bits per heavy atom. The van der Waals surface area contributed by atoms with Gasteiger partial charge < -0.3 is 14.9 Å². The second-order valence-corrected chi connectivity index (χ2v) is 5.13. The first-order chi connectivity index (χ1) is 8.99. The van der Waals surface area contributed by atoms with Crippen molar-refractivity contribution >= 4 is 11.7 Å². The fraction of sp³-hybridized carbons (Fsp3) is 0.533. The number of nitrogens with zero attached hydrogens (tertiary/aromatic N) is 2. The molecule has 0 fully saturated rings. The number of rotatable bonds is 8. The lowest BCUT2D eigenvalue weighted by molar-refractivity contribution is -0.136. The molecule has 0 atom stereocenters. The molecule has 0 spiro atoms. The third-order valence-corrected chi connectivity index (χ3v) is 3.00. The van der Waals surface area contributed by atoms with E-state index in [9.17, 15) is 4.79 Å². The highest BCUT2D eigenvalue weighted by molar-refractivity contribution is 5.67. The van der Waals surface area contributed by atoms with Gasteiger partial charge in [-0.25, -0.2) is 0 Å². The Morgan fingerprint density at radius 2 is 1.95 bits per heavy atom. The van der Waals surface area contributed by atoms with Crippen LogP contribution in [0.15, 0.2) is 24.3 Å². The number of aliphatic carboxylic acids is 1. The van der Waals surface area contributed by atoms with E-state index < -0.39 is 5.97 Å². The largest absolute Gasteiger partial charge is 0.481 e. The van der Waals surface area contributed by atoms with Crippen LogP contribution in [-0.4, -0.2) is 49.7 Å². The Morgan fingerprint density at radius 1 is 1.21 bits per heavy atom. The molecule has 1 aromatic carbocycles. The van der Waals surface area contributed by atoms with Gasteiger partial charge in [0, 0.05) is 18.8 Å². The molecule has 19 heavy (non-hydrogen) atoms. The van der Waals surface area contributed by atoms with E-state index in [-0.39, 0.29) is 6.42 Å². The molecule has 0 saturated carbocycles. The van der Waals surface area contributed by atoms with E-state index in [2.05, 4.69) is 28.9 Å². The molecule has 1 aromatic rings. The molecule has 0 aliphatic rings. The first kappa shape index (κ1) is 15.5. The number of carboxylic acid groups (broad SMARTS) is 1. The number of hydrogen-bond donors (Lipinski definition) is 1. The van der Waals surface area contributed by atoms with E-state index >= 15 is 0 Å². The Kier molecular flexibility index (Phi) is 6.36. The standard InChI is InChI=1S/C15H24N2O2/c1-13-6-4-7-14(12-13)17(11-8-15(18)19)10-5-9-16(2)3/h4,6-7,12H,5,8-11H2,1-3H3,(H,18,19). The molecule has 0 saturated heterocycles. The summed E-state index contributed by atoms with van der Waals surface area (Å²) < 4.78 is 0. The van der Waals surface area contributed by atoms with Crippen molar-refractivity contribution in [2.24, 2.45) is 0 Å². The molecule has 0 aliphatic heterocycles. The first-order valence-electron chi connectivity index (χ1n) is 6.67. The highest BCUT2D eigenvalue weighted by atomic mass is 16.4. The average Bonchev–Trinajstić information content (AvgIpc) is 2.32. The highest BCUT2D eigenvalue weighted by Crippen LogP contribution is 2.16. The van der Waals surface area contributed by atoms with Crippen LogP contribution in [0.3, 0.4) is 0 Å². The summed E-state index contributed by atoms with van der Waals surface area (Å²) in [7, 11) is 4.10. The maximum absolute atomic E-state index is 10.7. The van der Waals surface area contributed by atoms with Crippen LogP contribution >= 0.6 is 0 Å². The van der Waals surface area contributed by atoms with Crippen molar-refractivity contribution in [2.45, 2.75) is 19.8 Å². The van der Waals surface area contributed by atoms with Crippen molar-refractivity contribution in [1.29, 1.82) is 0 Å². The predicted molar refractivity (Wildman–Crippen MR) is 78.8 cm³/mol. The molecule has 0 aromatic heterocycles. The van der Waals surface area contributed by atoms with Crippen molar-refractivity contribution in [2.75, 3.05) is 38.6 Å². The van der Waals surface area contributed by atoms with Gasteiger partial charge >= 0.3 is 5.97 Å². The fourth-order valence-corrected chi connectivity index (χ4v) is 2.00. The number of benzene rings is 1. The molecule has 0 bridgehead atoms. The van der Waals surface area contributed by atoms with E-state index in [1.54, 1.807) is 0 Å². The third-order valence-electron chi connectivity index (χ3n) is 3.00. The molecule has 1 rings (SSSR count). The van der Waals surface area contributed by atoms with Crippen molar-refractivity contribution in [3.05, 3.63) is 29.8 Å². The van der Waals surface area contributed by atoms with Crippen LogP contribution in [0.2, 0.25) is 0 Å². The minimum atomic E-state index is -0.745. The summed E-state index contributed by atoms with van der Waals surface area (Å²) in [6.07, 6.45) is 1.20. The maximum atomic E-state index is 10.7. The average molecular weight is 264 g/mol. The van der Waals surface area contributed by atoms with Crippen LogP contribution in [0.1, 0.15) is 18.4 Å². The van der Waals surface area contributed by atoms with Gasteiger partial charge in [-0.3, -0.25) is 4.79 Å². The number of hydrogen-bond acceptors (Lipinski definition) is 3. The van der Waals surface area contributed by atoms with Gasteiger partial charge in [-0.15, -0.1) is 0 Å². The van der Waals surface area contributed by atoms with E-state index in [1.165, 1.54) is 5.56 Å². The van der Waals surface area contributed by atoms with Crippen molar-refractivity contribution in [3.8, 4) is 0 Å². The smallest absolute Gasteiger partial charge is 0.305 e. The molecular formula is C15H24N2O2. The van der Waals surface area contributed by atoms with E-state index in [1.807, 2.05) is 26.2 Å². The molecule has 106 valence electrons. The lowest BCUT2D eigenvalue weighted by Crippen LogP contribution is -2.29. The normalized spacial score (nSPS) is 10.7. The third kappa shape index (κ3) is 6.25. The van der Waals surface area contributed by atoms with Gasteiger partial charge in [-0.2, -0.15) is 0 Å². The second kappa shape index (κ2) is 7.79. The first-order valence-corrected chi connectivity index (χ1v) is 6.67. The summed E-state index contributed by atoms with van der Waals surface area (Å²) in [6, 6.07) is 8.23. The zero-order valence-electron chi connectivity index (χ0n) is 12.1. The minimum absolute atomic E-state index is 0.176. The maximum Gasteiger partial charge on any atom is 0.305 e. The van der Waals surface area contributed by atoms with E-state index in [4.69, 9.17) is 5.11 Å². The Bertz CT molecular complexity index is 405. The Hall–Kier alpha value is -1.55. The van der Waals surface area contributed by atoms with Crippen molar-refractivity contribution < 1.29 is 9.90 Å². The zero-order chi connectivity index (χ0) is 14.3. The van der Waals surface area contributed by atoms with Gasteiger partial charge in [-0.05, 0) is 51.7 Å². The van der Waals surface area contributed by atoms with Gasteiger partial charge in [0.05, 0.1) is 6.42 Å². The highest BCUT2D eigenvalue weighted by Gasteiger charge is 2.09. The summed E-state index contributed by atoms with van der Waals surface area (Å²) in [4.78, 5) is 15.1. The lowest BCUT2D eigenvalue weighted by Gasteiger charge is -2.25. The quantitative estimate of drug-likeness (QED) is 0.782. The number of carbonyl (C=O) groups is 1. The summed E-state index contributed by atoms with van der Waals surface area (Å²) in [6.45, 7) is 4.51. The van der Waals surface area contributed by atoms with Gasteiger partial charge in [0.2, 0.25) is 0 Å². The molecule has 4 heteroatoms. The van der Waals surface area contributed by atoms with Crippen LogP contribution in [0.4, 0.5) is 5.69 Å². The van der Waals surface area contributed by atoms with Gasteiger partial charge in [-0.1, -0.05) is 12.1 Å². The zero-order valence-corrected chi connectivity index (χ0v) is 12.1. The Balaban J connectivity index is 2.65. The van der Waals surface area contributed by atoms with Gasteiger partial charge in [0.25, 0.3) is 0 Å². The van der Waals surface area contributed by atoms with Crippen LogP contribution in [0.5, 0.6) is 0 Å². The fourth-order valence-electron chi connectivity index (χ4n) is 2.00. The second-order valence-electron chi connectivity index (χ2n) is 5.13. The molecule has 0 aliphatic carbocycles. The van der Waals surface area contributed by atoms with Crippen LogP contribution in [-0.2, 0) is 4.79 Å². The van der Waals surface area contributed by atoms with Crippen molar-refractivity contribution in [3.63, 3.8) is 0 Å². The molecule has 4 nitrogen and oxygen atoms in total. The summed E-state index contributed by atoms with van der Waals surface area (Å²) in [5.41, 5.74) is 2.31. The summed E-state index contributed by atoms with van der Waals surface area (Å²) >= 11 is 0. The van der Waals surface area contributed by atoms with Crippen LogP contribution in [0.25, 0.3) is 0 Å². The molecule has 0 radical (unpaired) electrons. The molecule has 0 unspecified atom stereocenters. The summed E-state index contributed by atoms with van der Waals surface area (Å²) in [5.74, 6) is -0.745. The number of anilines is 1. The van der Waals surface area contributed by atoms with Gasteiger partial charge in [0.15, 0.2) is 0 Å². The van der Waals surface area contributed by atoms with Crippen molar-refractivity contribution in [1.82, 2.24) is 4.90 Å². The van der Waals surface area contributed by atoms with E-state index in [0.717, 1.165) is 25.2 Å². The Labute approximate surface area is 115 Å². The topological polar surface area (TPSA) is 43.8 Å². The molecular weight excluding hydrogens is 240 g/mol. The molecule has 0 heterocycles. The molecule has 0 amide bonds. The number of carboxylic acids is 1. The van der Waals surface area contributed by atoms with Crippen LogP contribution in [0, 0.1) is 6.92 Å². The monoisotopic (exact) mass is 264 g/mol. The summed E-state index contributed by atoms with van der Waals surface area (Å²) in [5, 5.41) is 8.84.